The molecule has 1 atom stereocenters. The summed E-state index contributed by atoms with van der Waals surface area (Å²) in [6, 6.07) is 8.01. The van der Waals surface area contributed by atoms with Crippen LogP contribution < -0.4 is 10.9 Å². The third kappa shape index (κ3) is 1.93. The Labute approximate surface area is 116 Å². The van der Waals surface area contributed by atoms with Crippen molar-refractivity contribution in [3.63, 3.8) is 0 Å². The highest BCUT2D eigenvalue weighted by atomic mass is 15.2. The van der Waals surface area contributed by atoms with Crippen LogP contribution in [-0.2, 0) is 0 Å². The van der Waals surface area contributed by atoms with Gasteiger partial charge in [-0.3, -0.25) is 4.40 Å². The van der Waals surface area contributed by atoms with Crippen LogP contribution >= 0.6 is 0 Å². The van der Waals surface area contributed by atoms with Gasteiger partial charge in [0.05, 0.1) is 6.04 Å². The summed E-state index contributed by atoms with van der Waals surface area (Å²) in [6.07, 6.45) is 2.58. The molecule has 2 aromatic rings. The molecule has 0 amide bonds. The number of nitrogens with zero attached hydrogens (tertiary/aromatic N) is 5. The predicted octanol–water partition coefficient (Wildman–Crippen LogP) is 1.72. The second kappa shape index (κ2) is 4.78. The maximum atomic E-state index is 9.22. The fraction of sp³-hybridized carbons (Fsp3) is 0.286. The van der Waals surface area contributed by atoms with Gasteiger partial charge in [-0.15, -0.1) is 0 Å². The molecule has 1 unspecified atom stereocenters. The molecule has 0 aromatic carbocycles. The van der Waals surface area contributed by atoms with E-state index >= 15 is 0 Å². The number of pyridine rings is 1. The van der Waals surface area contributed by atoms with E-state index in [0.717, 1.165) is 17.9 Å². The molecule has 0 bridgehead atoms. The van der Waals surface area contributed by atoms with Crippen molar-refractivity contribution in [1.29, 1.82) is 5.26 Å². The minimum atomic E-state index is 0.157. The van der Waals surface area contributed by atoms with Crippen molar-refractivity contribution < 1.29 is 0 Å². The maximum absolute atomic E-state index is 9.22. The number of allylic oxidation sites excluding steroid dienone is 1. The standard InChI is InChI=1S/C14H14N6/c1-3-9(2)17-14-18-12-6-4-5-11-16-8-10(7-15)13(19-14)20(11)12/h4-6,8-9,16H,3H2,1-2H3. The zero-order chi connectivity index (χ0) is 14.1. The molecular weight excluding hydrogens is 252 g/mol. The van der Waals surface area contributed by atoms with Gasteiger partial charge in [0.25, 0.3) is 0 Å². The van der Waals surface area contributed by atoms with Gasteiger partial charge in [0.1, 0.15) is 23.1 Å². The Bertz CT molecular complexity index is 809. The normalized spacial score (nSPS) is 15.4. The van der Waals surface area contributed by atoms with E-state index in [1.165, 1.54) is 0 Å². The van der Waals surface area contributed by atoms with Crippen molar-refractivity contribution in [3.05, 3.63) is 35.8 Å². The van der Waals surface area contributed by atoms with Crippen LogP contribution in [-0.4, -0.2) is 20.4 Å². The van der Waals surface area contributed by atoms with Crippen LogP contribution in [0.25, 0.3) is 11.2 Å². The van der Waals surface area contributed by atoms with Gasteiger partial charge >= 0.3 is 0 Å². The molecule has 0 radical (unpaired) electrons. The molecule has 20 heavy (non-hydrogen) atoms. The average Bonchev–Trinajstić information content (AvgIpc) is 2.47. The Kier molecular flexibility index (Phi) is 2.95. The van der Waals surface area contributed by atoms with Crippen LogP contribution in [0.5, 0.6) is 0 Å². The highest BCUT2D eigenvalue weighted by molar-refractivity contribution is 5.78. The Hall–Kier alpha value is -2.68. The SMILES string of the molecule is CCC(C)N=c1nc2n3c(cccc3n1)NC=C2C#N. The first-order valence-corrected chi connectivity index (χ1v) is 6.53. The zero-order valence-electron chi connectivity index (χ0n) is 11.3. The minimum absolute atomic E-state index is 0.157. The number of anilines is 1. The summed E-state index contributed by atoms with van der Waals surface area (Å²) in [6.45, 7) is 4.09. The summed E-state index contributed by atoms with van der Waals surface area (Å²) >= 11 is 0. The summed E-state index contributed by atoms with van der Waals surface area (Å²) in [7, 11) is 0. The summed E-state index contributed by atoms with van der Waals surface area (Å²) in [4.78, 5) is 13.3. The van der Waals surface area contributed by atoms with Gasteiger partial charge in [-0.25, -0.2) is 4.99 Å². The van der Waals surface area contributed by atoms with Gasteiger partial charge in [-0.2, -0.15) is 15.2 Å². The van der Waals surface area contributed by atoms with Gasteiger partial charge in [0.15, 0.2) is 5.82 Å². The Balaban J connectivity index is 2.34. The van der Waals surface area contributed by atoms with Crippen LogP contribution in [0.1, 0.15) is 26.1 Å². The molecule has 6 nitrogen and oxygen atoms in total. The Morgan fingerprint density at radius 2 is 2.30 bits per heavy atom. The fourth-order valence-corrected chi connectivity index (χ4v) is 2.01. The summed E-state index contributed by atoms with van der Waals surface area (Å²) in [5, 5.41) is 12.3. The van der Waals surface area contributed by atoms with Crippen LogP contribution in [0.15, 0.2) is 29.4 Å². The van der Waals surface area contributed by atoms with E-state index in [1.807, 2.05) is 29.5 Å². The largest absolute Gasteiger partial charge is 0.346 e. The first-order valence-electron chi connectivity index (χ1n) is 6.53. The number of nitriles is 1. The molecule has 0 saturated carbocycles. The van der Waals surface area contributed by atoms with E-state index in [4.69, 9.17) is 0 Å². The molecule has 3 rings (SSSR count). The van der Waals surface area contributed by atoms with E-state index < -0.39 is 0 Å². The van der Waals surface area contributed by atoms with Gasteiger partial charge in [0.2, 0.25) is 5.62 Å². The van der Waals surface area contributed by atoms with E-state index in [0.29, 0.717) is 17.0 Å². The third-order valence-corrected chi connectivity index (χ3v) is 3.25. The molecule has 6 heteroatoms. The van der Waals surface area contributed by atoms with Gasteiger partial charge < -0.3 is 5.32 Å². The second-order valence-corrected chi connectivity index (χ2v) is 4.65. The highest BCUT2D eigenvalue weighted by Gasteiger charge is 2.16. The molecular formula is C14H14N6. The quantitative estimate of drug-likeness (QED) is 0.897. The lowest BCUT2D eigenvalue weighted by atomic mass is 10.2. The monoisotopic (exact) mass is 266 g/mol. The fourth-order valence-electron chi connectivity index (χ4n) is 2.01. The van der Waals surface area contributed by atoms with E-state index in [9.17, 15) is 5.26 Å². The molecule has 2 aromatic heterocycles. The molecule has 1 N–H and O–H groups in total. The number of rotatable bonds is 2. The number of nitrogens with one attached hydrogen (secondary N) is 1. The predicted molar refractivity (Wildman–Crippen MR) is 75.5 cm³/mol. The Morgan fingerprint density at radius 3 is 3.05 bits per heavy atom. The van der Waals surface area contributed by atoms with Gasteiger partial charge in [-0.1, -0.05) is 13.0 Å². The highest BCUT2D eigenvalue weighted by Crippen LogP contribution is 2.21. The number of hydrogen-bond donors (Lipinski definition) is 1. The molecule has 0 aliphatic carbocycles. The van der Waals surface area contributed by atoms with Crippen molar-refractivity contribution in [2.75, 3.05) is 5.32 Å². The molecule has 0 spiro atoms. The number of hydrogen-bond acceptors (Lipinski definition) is 5. The molecule has 0 fully saturated rings. The lowest BCUT2D eigenvalue weighted by molar-refractivity contribution is 0.676. The topological polar surface area (TPSA) is 78.4 Å². The molecule has 100 valence electrons. The molecule has 1 aliphatic rings. The van der Waals surface area contributed by atoms with Gasteiger partial charge in [-0.05, 0) is 25.5 Å². The van der Waals surface area contributed by atoms with E-state index in [1.54, 1.807) is 6.20 Å². The van der Waals surface area contributed by atoms with E-state index in [-0.39, 0.29) is 6.04 Å². The van der Waals surface area contributed by atoms with Crippen LogP contribution in [0.4, 0.5) is 5.82 Å². The lowest BCUT2D eigenvalue weighted by Crippen LogP contribution is -2.24. The number of aromatic nitrogens is 3. The van der Waals surface area contributed by atoms with Crippen molar-refractivity contribution in [2.45, 2.75) is 26.3 Å². The summed E-state index contributed by atoms with van der Waals surface area (Å²) in [5.74, 6) is 1.42. The smallest absolute Gasteiger partial charge is 0.248 e. The maximum Gasteiger partial charge on any atom is 0.248 e. The third-order valence-electron chi connectivity index (χ3n) is 3.25. The van der Waals surface area contributed by atoms with Crippen LogP contribution in [0.3, 0.4) is 0 Å². The molecule has 1 aliphatic heterocycles. The summed E-state index contributed by atoms with van der Waals surface area (Å²) in [5.41, 5.74) is 1.62. The van der Waals surface area contributed by atoms with Crippen LogP contribution in [0.2, 0.25) is 0 Å². The van der Waals surface area contributed by atoms with Crippen molar-refractivity contribution in [3.8, 4) is 6.07 Å². The lowest BCUT2D eigenvalue weighted by Gasteiger charge is -2.16. The van der Waals surface area contributed by atoms with Crippen molar-refractivity contribution in [2.24, 2.45) is 4.99 Å². The van der Waals surface area contributed by atoms with E-state index in [2.05, 4.69) is 33.3 Å². The molecule has 3 heterocycles. The molecule has 0 saturated heterocycles. The van der Waals surface area contributed by atoms with Crippen molar-refractivity contribution >= 4 is 17.0 Å². The van der Waals surface area contributed by atoms with Crippen molar-refractivity contribution in [1.82, 2.24) is 14.4 Å². The minimum Gasteiger partial charge on any atom is -0.346 e. The first kappa shape index (κ1) is 12.4. The first-order chi connectivity index (χ1) is 9.72. The average molecular weight is 266 g/mol. The Morgan fingerprint density at radius 1 is 1.45 bits per heavy atom. The summed E-state index contributed by atoms with van der Waals surface area (Å²) < 4.78 is 1.83. The van der Waals surface area contributed by atoms with Gasteiger partial charge in [0, 0.05) is 6.20 Å². The van der Waals surface area contributed by atoms with Crippen LogP contribution in [0, 0.1) is 11.3 Å². The second-order valence-electron chi connectivity index (χ2n) is 4.65. The zero-order valence-corrected chi connectivity index (χ0v) is 11.3.